The summed E-state index contributed by atoms with van der Waals surface area (Å²) < 4.78 is 2.47. The Morgan fingerprint density at radius 2 is 2.26 bits per heavy atom. The number of hydrogen-bond acceptors (Lipinski definition) is 3. The van der Waals surface area contributed by atoms with Crippen LogP contribution in [-0.4, -0.2) is 28.7 Å². The molecule has 0 spiro atoms. The summed E-state index contributed by atoms with van der Waals surface area (Å²) in [5, 5.41) is 2.97. The summed E-state index contributed by atoms with van der Waals surface area (Å²) >= 11 is 6.91. The van der Waals surface area contributed by atoms with E-state index in [2.05, 4.69) is 38.3 Å². The second-order valence-electron chi connectivity index (χ2n) is 4.92. The van der Waals surface area contributed by atoms with Gasteiger partial charge in [-0.25, -0.2) is 0 Å². The number of carbonyl (C=O) groups excluding carboxylic acids is 1. The van der Waals surface area contributed by atoms with Crippen molar-refractivity contribution in [1.29, 1.82) is 0 Å². The third-order valence-electron chi connectivity index (χ3n) is 3.67. The smallest absolute Gasteiger partial charge is 0.264 e. The first-order valence-corrected chi connectivity index (χ1v) is 9.45. The molecule has 1 unspecified atom stereocenters. The maximum absolute atomic E-state index is 12.7. The van der Waals surface area contributed by atoms with Crippen molar-refractivity contribution >= 4 is 53.9 Å². The van der Waals surface area contributed by atoms with Crippen LogP contribution in [0.2, 0.25) is 0 Å². The zero-order valence-electron chi connectivity index (χ0n) is 10.6. The molecule has 0 radical (unpaired) electrons. The number of carbonyl (C=O) groups is 1. The van der Waals surface area contributed by atoms with Crippen LogP contribution in [0.4, 0.5) is 0 Å². The van der Waals surface area contributed by atoms with E-state index in [-0.39, 0.29) is 5.91 Å². The van der Waals surface area contributed by atoms with E-state index in [1.807, 2.05) is 0 Å². The van der Waals surface area contributed by atoms with Crippen LogP contribution in [0.15, 0.2) is 17.5 Å². The van der Waals surface area contributed by atoms with Crippen molar-refractivity contribution in [3.05, 3.63) is 22.4 Å². The van der Waals surface area contributed by atoms with E-state index in [4.69, 9.17) is 0 Å². The molecule has 1 aliphatic heterocycles. The van der Waals surface area contributed by atoms with E-state index in [0.717, 1.165) is 29.6 Å². The lowest BCUT2D eigenvalue weighted by molar-refractivity contribution is 0.0707. The zero-order valence-corrected chi connectivity index (χ0v) is 13.8. The number of thiophene rings is 2. The van der Waals surface area contributed by atoms with Crippen molar-refractivity contribution in [3.8, 4) is 0 Å². The fraction of sp³-hybridized carbons (Fsp3) is 0.500. The van der Waals surface area contributed by atoms with Crippen molar-refractivity contribution in [1.82, 2.24) is 4.90 Å². The molecular weight excluding hydrogens is 342 g/mol. The molecule has 19 heavy (non-hydrogen) atoms. The number of likely N-dealkylation sites (tertiary alicyclic amines) is 1. The third-order valence-corrected chi connectivity index (χ3v) is 6.50. The van der Waals surface area contributed by atoms with Gasteiger partial charge in [0.2, 0.25) is 0 Å². The Bertz CT molecular complexity index is 548. The number of rotatable bonds is 2. The van der Waals surface area contributed by atoms with Gasteiger partial charge in [-0.1, -0.05) is 28.8 Å². The summed E-state index contributed by atoms with van der Waals surface area (Å²) in [4.78, 5) is 15.7. The molecule has 0 aliphatic carbocycles. The van der Waals surface area contributed by atoms with Crippen LogP contribution in [0.25, 0.3) is 9.40 Å². The number of nitrogens with zero attached hydrogens (tertiary/aromatic N) is 1. The van der Waals surface area contributed by atoms with Gasteiger partial charge in [0.25, 0.3) is 5.91 Å². The molecule has 2 nitrogen and oxygen atoms in total. The first kappa shape index (κ1) is 13.6. The lowest BCUT2D eigenvalue weighted by atomic mass is 10.1. The maximum Gasteiger partial charge on any atom is 0.264 e. The van der Waals surface area contributed by atoms with E-state index in [0.29, 0.717) is 6.04 Å². The molecule has 1 aliphatic rings. The lowest BCUT2D eigenvalue weighted by Crippen LogP contribution is -2.40. The highest BCUT2D eigenvalue weighted by molar-refractivity contribution is 9.09. The quantitative estimate of drug-likeness (QED) is 0.710. The first-order valence-electron chi connectivity index (χ1n) is 6.63. The number of hydrogen-bond donors (Lipinski definition) is 0. The molecule has 1 amide bonds. The monoisotopic (exact) mass is 357 g/mol. The van der Waals surface area contributed by atoms with Crippen LogP contribution >= 0.6 is 38.6 Å². The normalized spacial score (nSPS) is 20.7. The average Bonchev–Trinajstić information content (AvgIpc) is 2.91. The lowest BCUT2D eigenvalue weighted by Gasteiger charge is -2.28. The number of alkyl halides is 1. The molecule has 3 rings (SSSR count). The maximum atomic E-state index is 12.7. The summed E-state index contributed by atoms with van der Waals surface area (Å²) in [6.45, 7) is 0.903. The minimum atomic E-state index is 0.222. The van der Waals surface area contributed by atoms with Gasteiger partial charge in [0.05, 0.1) is 4.88 Å². The second kappa shape index (κ2) is 5.94. The SMILES string of the molecule is O=C(c1cc2sccc2s1)N1CCCCCC1CBr. The van der Waals surface area contributed by atoms with Crippen LogP contribution in [0.3, 0.4) is 0 Å². The predicted molar refractivity (Wildman–Crippen MR) is 86.8 cm³/mol. The summed E-state index contributed by atoms with van der Waals surface area (Å²) in [6.07, 6.45) is 4.73. The van der Waals surface area contributed by atoms with Gasteiger partial charge in [-0.3, -0.25) is 4.79 Å². The molecule has 0 N–H and O–H groups in total. The second-order valence-corrected chi connectivity index (χ2v) is 7.59. The molecule has 1 fully saturated rings. The van der Waals surface area contributed by atoms with E-state index in [9.17, 15) is 4.79 Å². The molecular formula is C14H16BrNOS2. The van der Waals surface area contributed by atoms with Crippen molar-refractivity contribution in [2.75, 3.05) is 11.9 Å². The van der Waals surface area contributed by atoms with Gasteiger partial charge in [0, 0.05) is 27.3 Å². The third kappa shape index (κ3) is 2.73. The fourth-order valence-corrected chi connectivity index (χ4v) is 5.36. The fourth-order valence-electron chi connectivity index (χ4n) is 2.62. The number of halogens is 1. The molecule has 2 aromatic rings. The molecule has 0 bridgehead atoms. The molecule has 3 heterocycles. The zero-order chi connectivity index (χ0) is 13.2. The average molecular weight is 358 g/mol. The van der Waals surface area contributed by atoms with Crippen LogP contribution in [0, 0.1) is 0 Å². The van der Waals surface area contributed by atoms with Crippen molar-refractivity contribution in [3.63, 3.8) is 0 Å². The van der Waals surface area contributed by atoms with Crippen LogP contribution in [0.1, 0.15) is 35.4 Å². The molecule has 1 atom stereocenters. The molecule has 0 aromatic carbocycles. The summed E-state index contributed by atoms with van der Waals surface area (Å²) in [7, 11) is 0. The van der Waals surface area contributed by atoms with Crippen LogP contribution < -0.4 is 0 Å². The van der Waals surface area contributed by atoms with E-state index < -0.39 is 0 Å². The Morgan fingerprint density at radius 3 is 3.05 bits per heavy atom. The molecule has 102 valence electrons. The van der Waals surface area contributed by atoms with Gasteiger partial charge < -0.3 is 4.90 Å². The number of fused-ring (bicyclic) bond motifs is 1. The minimum absolute atomic E-state index is 0.222. The Balaban J connectivity index is 1.86. The van der Waals surface area contributed by atoms with Crippen LogP contribution in [-0.2, 0) is 0 Å². The Labute approximate surface area is 129 Å². The standard InChI is InChI=1S/C14H16BrNOS2/c15-9-10-4-2-1-3-6-16(10)14(17)13-8-12-11(19-13)5-7-18-12/h5,7-8,10H,1-4,6,9H2. The largest absolute Gasteiger partial charge is 0.334 e. The van der Waals surface area contributed by atoms with Crippen molar-refractivity contribution < 1.29 is 4.79 Å². The van der Waals surface area contributed by atoms with Crippen LogP contribution in [0.5, 0.6) is 0 Å². The Morgan fingerprint density at radius 1 is 1.37 bits per heavy atom. The van der Waals surface area contributed by atoms with Gasteiger partial charge in [-0.05, 0) is 30.4 Å². The van der Waals surface area contributed by atoms with Crippen molar-refractivity contribution in [2.24, 2.45) is 0 Å². The van der Waals surface area contributed by atoms with E-state index in [1.54, 1.807) is 22.7 Å². The van der Waals surface area contributed by atoms with Gasteiger partial charge in [-0.15, -0.1) is 22.7 Å². The molecule has 0 saturated carbocycles. The molecule has 5 heteroatoms. The predicted octanol–water partition coefficient (Wildman–Crippen LogP) is 4.74. The van der Waals surface area contributed by atoms with Crippen molar-refractivity contribution in [2.45, 2.75) is 31.7 Å². The van der Waals surface area contributed by atoms with Gasteiger partial charge in [-0.2, -0.15) is 0 Å². The first-order chi connectivity index (χ1) is 9.29. The summed E-state index contributed by atoms with van der Waals surface area (Å²) in [5.74, 6) is 0.222. The highest BCUT2D eigenvalue weighted by atomic mass is 79.9. The Kier molecular flexibility index (Phi) is 4.24. The summed E-state index contributed by atoms with van der Waals surface area (Å²) in [6, 6.07) is 4.52. The highest BCUT2D eigenvalue weighted by Crippen LogP contribution is 2.32. The van der Waals surface area contributed by atoms with E-state index in [1.165, 1.54) is 22.2 Å². The van der Waals surface area contributed by atoms with E-state index >= 15 is 0 Å². The Hall–Kier alpha value is -0.390. The molecule has 1 saturated heterocycles. The van der Waals surface area contributed by atoms with Gasteiger partial charge >= 0.3 is 0 Å². The number of amides is 1. The minimum Gasteiger partial charge on any atom is -0.334 e. The summed E-state index contributed by atoms with van der Waals surface area (Å²) in [5.41, 5.74) is 0. The topological polar surface area (TPSA) is 20.3 Å². The highest BCUT2D eigenvalue weighted by Gasteiger charge is 2.26. The molecule has 2 aromatic heterocycles. The van der Waals surface area contributed by atoms with Gasteiger partial charge in [0.15, 0.2) is 0 Å². The van der Waals surface area contributed by atoms with Gasteiger partial charge in [0.1, 0.15) is 0 Å².